The molecule has 0 saturated carbocycles. The molecule has 0 atom stereocenters. The summed E-state index contributed by atoms with van der Waals surface area (Å²) in [5.41, 5.74) is 1.01. The van der Waals surface area contributed by atoms with Gasteiger partial charge in [0.05, 0.1) is 5.75 Å². The number of hydrogen-bond donors (Lipinski definition) is 2. The predicted octanol–water partition coefficient (Wildman–Crippen LogP) is 3.11. The van der Waals surface area contributed by atoms with Crippen molar-refractivity contribution < 1.29 is 9.90 Å². The van der Waals surface area contributed by atoms with Gasteiger partial charge in [0, 0.05) is 26.5 Å². The molecule has 0 unspecified atom stereocenters. The topological polar surface area (TPSA) is 53.1 Å². The second-order valence-corrected chi connectivity index (χ2v) is 4.96. The molecular weight excluding hydrogens is 278 g/mol. The van der Waals surface area contributed by atoms with E-state index in [1.807, 2.05) is 24.4 Å². The molecule has 3 nitrogen and oxygen atoms in total. The van der Waals surface area contributed by atoms with E-state index in [-0.39, 0.29) is 5.75 Å². The van der Waals surface area contributed by atoms with E-state index in [1.54, 1.807) is 0 Å². The number of benzene rings is 1. The van der Waals surface area contributed by atoms with Crippen molar-refractivity contribution in [1.29, 1.82) is 0 Å². The minimum atomic E-state index is -0.800. The first-order chi connectivity index (χ1) is 7.16. The molecule has 1 aromatic carbocycles. The van der Waals surface area contributed by atoms with E-state index < -0.39 is 5.97 Å². The Hall–Kier alpha value is -0.940. The lowest BCUT2D eigenvalue weighted by atomic mass is 10.2. The van der Waals surface area contributed by atoms with Crippen LogP contribution in [-0.2, 0) is 4.79 Å². The first kappa shape index (κ1) is 10.6. The number of carbonyl (C=O) groups is 1. The number of nitrogens with one attached hydrogen (secondary N) is 1. The molecule has 0 amide bonds. The van der Waals surface area contributed by atoms with Crippen LogP contribution in [0.3, 0.4) is 0 Å². The maximum absolute atomic E-state index is 10.4. The zero-order valence-electron chi connectivity index (χ0n) is 7.66. The minimum absolute atomic E-state index is 0.0863. The number of rotatable bonds is 3. The van der Waals surface area contributed by atoms with Gasteiger partial charge in [0.25, 0.3) is 0 Å². The highest BCUT2D eigenvalue weighted by Gasteiger charge is 2.06. The van der Waals surface area contributed by atoms with Crippen molar-refractivity contribution in [2.24, 2.45) is 0 Å². The SMILES string of the molecule is O=C(O)CSc1c[nH]c2cc(Br)ccc12. The summed E-state index contributed by atoms with van der Waals surface area (Å²) < 4.78 is 1.01. The Morgan fingerprint density at radius 2 is 2.33 bits per heavy atom. The van der Waals surface area contributed by atoms with E-state index in [2.05, 4.69) is 20.9 Å². The minimum Gasteiger partial charge on any atom is -0.481 e. The zero-order chi connectivity index (χ0) is 10.8. The largest absolute Gasteiger partial charge is 0.481 e. The molecule has 0 spiro atoms. The first-order valence-corrected chi connectivity index (χ1v) is 6.06. The Labute approximate surface area is 99.0 Å². The van der Waals surface area contributed by atoms with Crippen molar-refractivity contribution >= 4 is 44.6 Å². The highest BCUT2D eigenvalue weighted by molar-refractivity contribution is 9.10. The smallest absolute Gasteiger partial charge is 0.313 e. The van der Waals surface area contributed by atoms with Crippen LogP contribution < -0.4 is 0 Å². The first-order valence-electron chi connectivity index (χ1n) is 4.28. The van der Waals surface area contributed by atoms with Crippen molar-refractivity contribution in [2.75, 3.05) is 5.75 Å². The van der Waals surface area contributed by atoms with Gasteiger partial charge in [-0.3, -0.25) is 4.79 Å². The molecule has 0 fully saturated rings. The number of H-pyrrole nitrogens is 1. The molecule has 15 heavy (non-hydrogen) atoms. The van der Waals surface area contributed by atoms with Gasteiger partial charge in [-0.15, -0.1) is 11.8 Å². The van der Waals surface area contributed by atoms with Crippen LogP contribution in [0.2, 0.25) is 0 Å². The van der Waals surface area contributed by atoms with Gasteiger partial charge in [-0.05, 0) is 12.1 Å². The Morgan fingerprint density at radius 3 is 3.07 bits per heavy atom. The lowest BCUT2D eigenvalue weighted by Gasteiger charge is -1.96. The van der Waals surface area contributed by atoms with Gasteiger partial charge in [-0.25, -0.2) is 0 Å². The van der Waals surface area contributed by atoms with Gasteiger partial charge >= 0.3 is 5.97 Å². The average molecular weight is 286 g/mol. The molecule has 0 saturated heterocycles. The van der Waals surface area contributed by atoms with Crippen LogP contribution in [0.15, 0.2) is 33.8 Å². The molecule has 0 aliphatic rings. The standard InChI is InChI=1S/C10H8BrNO2S/c11-6-1-2-7-8(3-6)12-4-9(7)15-5-10(13)14/h1-4,12H,5H2,(H,13,14). The number of carboxylic acid groups (broad SMARTS) is 1. The molecule has 2 N–H and O–H groups in total. The van der Waals surface area contributed by atoms with E-state index in [0.717, 1.165) is 20.3 Å². The molecule has 1 heterocycles. The van der Waals surface area contributed by atoms with Crippen molar-refractivity contribution in [3.05, 3.63) is 28.9 Å². The van der Waals surface area contributed by atoms with Gasteiger partial charge in [-0.2, -0.15) is 0 Å². The summed E-state index contributed by atoms with van der Waals surface area (Å²) in [6, 6.07) is 5.89. The fraction of sp³-hybridized carbons (Fsp3) is 0.100. The third-order valence-corrected chi connectivity index (χ3v) is 3.49. The monoisotopic (exact) mass is 285 g/mol. The molecule has 5 heteroatoms. The number of thioether (sulfide) groups is 1. The molecule has 0 aliphatic heterocycles. The van der Waals surface area contributed by atoms with Crippen molar-refractivity contribution in [3.8, 4) is 0 Å². The van der Waals surface area contributed by atoms with E-state index in [9.17, 15) is 4.79 Å². The van der Waals surface area contributed by atoms with Crippen molar-refractivity contribution in [2.45, 2.75) is 4.90 Å². The summed E-state index contributed by atoms with van der Waals surface area (Å²) >= 11 is 4.71. The highest BCUT2D eigenvalue weighted by atomic mass is 79.9. The summed E-state index contributed by atoms with van der Waals surface area (Å²) in [7, 11) is 0. The van der Waals surface area contributed by atoms with Gasteiger partial charge in [0.2, 0.25) is 0 Å². The highest BCUT2D eigenvalue weighted by Crippen LogP contribution is 2.29. The van der Waals surface area contributed by atoms with Crippen LogP contribution in [0.5, 0.6) is 0 Å². The van der Waals surface area contributed by atoms with Crippen LogP contribution in [0.1, 0.15) is 0 Å². The lowest BCUT2D eigenvalue weighted by molar-refractivity contribution is -0.133. The Bertz CT molecular complexity index is 509. The number of aliphatic carboxylic acids is 1. The van der Waals surface area contributed by atoms with Crippen LogP contribution in [0.25, 0.3) is 10.9 Å². The Morgan fingerprint density at radius 1 is 1.53 bits per heavy atom. The third-order valence-electron chi connectivity index (χ3n) is 1.96. The molecular formula is C10H8BrNO2S. The van der Waals surface area contributed by atoms with E-state index in [1.165, 1.54) is 11.8 Å². The molecule has 78 valence electrons. The third kappa shape index (κ3) is 2.35. The average Bonchev–Trinajstić information content (AvgIpc) is 2.57. The number of hydrogen-bond acceptors (Lipinski definition) is 2. The van der Waals surface area contributed by atoms with Gasteiger partial charge in [0.1, 0.15) is 0 Å². The summed E-state index contributed by atoms with van der Waals surface area (Å²) in [5.74, 6) is -0.713. The zero-order valence-corrected chi connectivity index (χ0v) is 10.1. The number of aromatic nitrogens is 1. The van der Waals surface area contributed by atoms with E-state index in [0.29, 0.717) is 0 Å². The number of halogens is 1. The summed E-state index contributed by atoms with van der Waals surface area (Å²) in [4.78, 5) is 14.5. The normalized spacial score (nSPS) is 10.7. The molecule has 2 rings (SSSR count). The number of fused-ring (bicyclic) bond motifs is 1. The fourth-order valence-electron chi connectivity index (χ4n) is 1.33. The summed E-state index contributed by atoms with van der Waals surface area (Å²) in [6.07, 6.45) is 1.84. The maximum Gasteiger partial charge on any atom is 0.313 e. The molecule has 2 aromatic rings. The van der Waals surface area contributed by atoms with Gasteiger partial charge in [-0.1, -0.05) is 22.0 Å². The lowest BCUT2D eigenvalue weighted by Crippen LogP contribution is -1.96. The Kier molecular flexibility index (Phi) is 3.02. The van der Waals surface area contributed by atoms with Crippen LogP contribution >= 0.6 is 27.7 Å². The number of carboxylic acids is 1. The van der Waals surface area contributed by atoms with Crippen molar-refractivity contribution in [1.82, 2.24) is 4.98 Å². The van der Waals surface area contributed by atoms with Gasteiger partial charge in [0.15, 0.2) is 0 Å². The van der Waals surface area contributed by atoms with Crippen molar-refractivity contribution in [3.63, 3.8) is 0 Å². The fourth-order valence-corrected chi connectivity index (χ4v) is 2.45. The Balaban J connectivity index is 2.32. The van der Waals surface area contributed by atoms with E-state index >= 15 is 0 Å². The van der Waals surface area contributed by atoms with E-state index in [4.69, 9.17) is 5.11 Å². The van der Waals surface area contributed by atoms with Crippen LogP contribution in [0, 0.1) is 0 Å². The molecule has 0 radical (unpaired) electrons. The molecule has 0 bridgehead atoms. The number of aromatic amines is 1. The quantitative estimate of drug-likeness (QED) is 0.852. The van der Waals surface area contributed by atoms with Crippen LogP contribution in [-0.4, -0.2) is 21.8 Å². The molecule has 1 aromatic heterocycles. The molecule has 0 aliphatic carbocycles. The maximum atomic E-state index is 10.4. The van der Waals surface area contributed by atoms with Gasteiger partial charge < -0.3 is 10.1 Å². The predicted molar refractivity (Wildman–Crippen MR) is 64.4 cm³/mol. The summed E-state index contributed by atoms with van der Waals surface area (Å²) in [6.45, 7) is 0. The second kappa shape index (κ2) is 4.28. The second-order valence-electron chi connectivity index (χ2n) is 3.03. The van der Waals surface area contributed by atoms with Crippen LogP contribution in [0.4, 0.5) is 0 Å². The summed E-state index contributed by atoms with van der Waals surface area (Å²) in [5, 5.41) is 9.65.